The Bertz CT molecular complexity index is 374. The third-order valence-corrected chi connectivity index (χ3v) is 6.52. The molecule has 0 saturated carbocycles. The second-order valence-corrected chi connectivity index (χ2v) is 8.34. The van der Waals surface area contributed by atoms with Crippen LogP contribution in [0.25, 0.3) is 0 Å². The SMILES string of the molecule is COC(C)C(C)(CN)N1CCSCC1S(C)(=O)=O. The van der Waals surface area contributed by atoms with E-state index in [2.05, 4.69) is 0 Å². The van der Waals surface area contributed by atoms with E-state index in [-0.39, 0.29) is 6.10 Å². The maximum absolute atomic E-state index is 11.9. The first-order chi connectivity index (χ1) is 8.27. The zero-order valence-corrected chi connectivity index (χ0v) is 13.2. The fraction of sp³-hybridized carbons (Fsp3) is 1.00. The van der Waals surface area contributed by atoms with Gasteiger partial charge < -0.3 is 10.5 Å². The summed E-state index contributed by atoms with van der Waals surface area (Å²) in [6.45, 7) is 5.02. The summed E-state index contributed by atoms with van der Waals surface area (Å²) >= 11 is 1.68. The van der Waals surface area contributed by atoms with Crippen molar-refractivity contribution in [1.29, 1.82) is 0 Å². The lowest BCUT2D eigenvalue weighted by Gasteiger charge is -2.49. The average Bonchev–Trinajstić information content (AvgIpc) is 2.35. The standard InChI is InChI=1S/C11H24N2O3S2/c1-9(16-3)11(2,8-12)13-5-6-17-7-10(13)18(4,14)15/h9-10H,5-8,12H2,1-4H3. The highest BCUT2D eigenvalue weighted by Crippen LogP contribution is 2.30. The van der Waals surface area contributed by atoms with Crippen LogP contribution in [0.3, 0.4) is 0 Å². The fourth-order valence-electron chi connectivity index (χ4n) is 2.29. The number of sulfone groups is 1. The van der Waals surface area contributed by atoms with E-state index in [9.17, 15) is 8.42 Å². The van der Waals surface area contributed by atoms with Crippen molar-refractivity contribution in [2.45, 2.75) is 30.9 Å². The van der Waals surface area contributed by atoms with Crippen LogP contribution in [0.2, 0.25) is 0 Å². The Morgan fingerprint density at radius 3 is 2.67 bits per heavy atom. The molecule has 0 aromatic carbocycles. The van der Waals surface area contributed by atoms with Gasteiger partial charge in [-0.3, -0.25) is 4.90 Å². The second kappa shape index (κ2) is 6.09. The van der Waals surface area contributed by atoms with Gasteiger partial charge >= 0.3 is 0 Å². The molecule has 0 radical (unpaired) electrons. The Kier molecular flexibility index (Phi) is 5.49. The van der Waals surface area contributed by atoms with E-state index in [1.807, 2.05) is 18.7 Å². The van der Waals surface area contributed by atoms with E-state index >= 15 is 0 Å². The van der Waals surface area contributed by atoms with Gasteiger partial charge in [0.15, 0.2) is 9.84 Å². The number of thioether (sulfide) groups is 1. The van der Waals surface area contributed by atoms with Gasteiger partial charge in [0, 0.05) is 38.0 Å². The van der Waals surface area contributed by atoms with Gasteiger partial charge in [-0.2, -0.15) is 11.8 Å². The van der Waals surface area contributed by atoms with Crippen LogP contribution in [0.1, 0.15) is 13.8 Å². The molecule has 0 aromatic heterocycles. The third kappa shape index (κ3) is 3.19. The highest BCUT2D eigenvalue weighted by Gasteiger charge is 2.44. The molecule has 108 valence electrons. The Labute approximate surface area is 114 Å². The molecule has 1 saturated heterocycles. The summed E-state index contributed by atoms with van der Waals surface area (Å²) in [7, 11) is -1.48. The molecule has 1 rings (SSSR count). The van der Waals surface area contributed by atoms with Crippen molar-refractivity contribution in [3.05, 3.63) is 0 Å². The molecule has 5 nitrogen and oxygen atoms in total. The van der Waals surface area contributed by atoms with E-state index in [1.165, 1.54) is 6.26 Å². The van der Waals surface area contributed by atoms with Crippen LogP contribution in [-0.2, 0) is 14.6 Å². The van der Waals surface area contributed by atoms with Gasteiger partial charge in [-0.1, -0.05) is 0 Å². The molecule has 2 N–H and O–H groups in total. The predicted molar refractivity (Wildman–Crippen MR) is 76.6 cm³/mol. The summed E-state index contributed by atoms with van der Waals surface area (Å²) in [5, 5.41) is -0.470. The smallest absolute Gasteiger partial charge is 0.164 e. The molecule has 1 aliphatic heterocycles. The number of hydrogen-bond donors (Lipinski definition) is 1. The summed E-state index contributed by atoms with van der Waals surface area (Å²) < 4.78 is 29.3. The molecular weight excluding hydrogens is 272 g/mol. The van der Waals surface area contributed by atoms with Gasteiger partial charge in [0.05, 0.1) is 11.6 Å². The Hall–Kier alpha value is 0.180. The molecule has 0 spiro atoms. The maximum Gasteiger partial charge on any atom is 0.164 e. The summed E-state index contributed by atoms with van der Waals surface area (Å²) in [5.74, 6) is 1.53. The molecule has 18 heavy (non-hydrogen) atoms. The van der Waals surface area contributed by atoms with Crippen LogP contribution in [0.15, 0.2) is 0 Å². The molecule has 3 atom stereocenters. The summed E-state index contributed by atoms with van der Waals surface area (Å²) in [4.78, 5) is 2.01. The van der Waals surface area contributed by atoms with Gasteiger partial charge in [-0.15, -0.1) is 0 Å². The number of nitrogens with zero attached hydrogens (tertiary/aromatic N) is 1. The number of nitrogens with two attached hydrogens (primary N) is 1. The van der Waals surface area contributed by atoms with Crippen LogP contribution in [0.5, 0.6) is 0 Å². The predicted octanol–water partition coefficient (Wildman–Crippen LogP) is 0.158. The maximum atomic E-state index is 11.9. The largest absolute Gasteiger partial charge is 0.380 e. The van der Waals surface area contributed by atoms with E-state index in [0.29, 0.717) is 12.3 Å². The molecule has 1 heterocycles. The second-order valence-electron chi connectivity index (χ2n) is 4.99. The number of methoxy groups -OCH3 is 1. The normalized spacial score (nSPS) is 27.7. The lowest BCUT2D eigenvalue weighted by atomic mass is 9.93. The molecule has 3 unspecified atom stereocenters. The van der Waals surface area contributed by atoms with Crippen LogP contribution in [-0.4, -0.2) is 68.3 Å². The van der Waals surface area contributed by atoms with Crippen molar-refractivity contribution in [2.24, 2.45) is 5.73 Å². The van der Waals surface area contributed by atoms with Crippen molar-refractivity contribution in [3.8, 4) is 0 Å². The first-order valence-electron chi connectivity index (χ1n) is 6.03. The van der Waals surface area contributed by atoms with Gasteiger partial charge in [0.1, 0.15) is 5.37 Å². The zero-order chi connectivity index (χ0) is 14.0. The van der Waals surface area contributed by atoms with Gasteiger partial charge in [0.25, 0.3) is 0 Å². The molecule has 1 fully saturated rings. The summed E-state index contributed by atoms with van der Waals surface area (Å²) in [6.07, 6.45) is 1.18. The average molecular weight is 296 g/mol. The minimum absolute atomic E-state index is 0.116. The minimum atomic E-state index is -3.12. The number of hydrogen-bond acceptors (Lipinski definition) is 6. The molecule has 7 heteroatoms. The van der Waals surface area contributed by atoms with Crippen molar-refractivity contribution < 1.29 is 13.2 Å². The van der Waals surface area contributed by atoms with E-state index < -0.39 is 20.8 Å². The Balaban J connectivity index is 3.08. The first-order valence-corrected chi connectivity index (χ1v) is 9.14. The number of ether oxygens (including phenoxy) is 1. The molecule has 0 bridgehead atoms. The monoisotopic (exact) mass is 296 g/mol. The summed E-state index contributed by atoms with van der Waals surface area (Å²) in [6, 6.07) is 0. The highest BCUT2D eigenvalue weighted by molar-refractivity contribution is 8.00. The Morgan fingerprint density at radius 1 is 1.61 bits per heavy atom. The molecule has 0 amide bonds. The lowest BCUT2D eigenvalue weighted by molar-refractivity contribution is -0.0333. The topological polar surface area (TPSA) is 72.6 Å². The number of rotatable bonds is 5. The van der Waals surface area contributed by atoms with Gasteiger partial charge in [-0.05, 0) is 13.8 Å². The molecular formula is C11H24N2O3S2. The van der Waals surface area contributed by atoms with Crippen molar-refractivity contribution >= 4 is 21.6 Å². The zero-order valence-electron chi connectivity index (χ0n) is 11.5. The first kappa shape index (κ1) is 16.2. The van der Waals surface area contributed by atoms with Crippen molar-refractivity contribution in [3.63, 3.8) is 0 Å². The summed E-state index contributed by atoms with van der Waals surface area (Å²) in [5.41, 5.74) is 5.44. The van der Waals surface area contributed by atoms with E-state index in [4.69, 9.17) is 10.5 Å². The van der Waals surface area contributed by atoms with Crippen LogP contribution < -0.4 is 5.73 Å². The fourth-order valence-corrected chi connectivity index (χ4v) is 5.25. The molecule has 0 aromatic rings. The van der Waals surface area contributed by atoms with Crippen LogP contribution >= 0.6 is 11.8 Å². The van der Waals surface area contributed by atoms with Crippen molar-refractivity contribution in [2.75, 3.05) is 38.0 Å². The van der Waals surface area contributed by atoms with Crippen LogP contribution in [0.4, 0.5) is 0 Å². The molecule has 0 aliphatic carbocycles. The van der Waals surface area contributed by atoms with Crippen molar-refractivity contribution in [1.82, 2.24) is 4.90 Å². The minimum Gasteiger partial charge on any atom is -0.380 e. The third-order valence-electron chi connectivity index (χ3n) is 3.88. The molecule has 1 aliphatic rings. The van der Waals surface area contributed by atoms with Gasteiger partial charge in [-0.25, -0.2) is 8.42 Å². The van der Waals surface area contributed by atoms with Gasteiger partial charge in [0.2, 0.25) is 0 Å². The highest BCUT2D eigenvalue weighted by atomic mass is 32.2. The van der Waals surface area contributed by atoms with E-state index in [1.54, 1.807) is 18.9 Å². The van der Waals surface area contributed by atoms with Crippen LogP contribution in [0, 0.1) is 0 Å². The van der Waals surface area contributed by atoms with E-state index in [0.717, 1.165) is 12.3 Å². The quantitative estimate of drug-likeness (QED) is 0.779. The lowest BCUT2D eigenvalue weighted by Crippen LogP contribution is -2.65. The Morgan fingerprint density at radius 2 is 2.22 bits per heavy atom.